The predicted octanol–water partition coefficient (Wildman–Crippen LogP) is 4.75. The summed E-state index contributed by atoms with van der Waals surface area (Å²) in [7, 11) is 1.97. The Morgan fingerprint density at radius 3 is 1.92 bits per heavy atom. The first-order valence-corrected chi connectivity index (χ1v) is 20.2. The van der Waals surface area contributed by atoms with Crippen molar-refractivity contribution < 1.29 is 16.0 Å². The number of benzene rings is 2. The first-order chi connectivity index (χ1) is 12.2. The molecule has 2 aromatic carbocycles. The summed E-state index contributed by atoms with van der Waals surface area (Å²) in [4.78, 5) is 8.38. The quantitative estimate of drug-likeness (QED) is 0.363. The number of rotatable bonds is 4. The van der Waals surface area contributed by atoms with Gasteiger partial charge in [-0.25, -0.2) is 5.90 Å². The van der Waals surface area contributed by atoms with Crippen LogP contribution in [0.4, 0.5) is 0 Å². The Labute approximate surface area is 179 Å². The zero-order valence-corrected chi connectivity index (χ0v) is 20.4. The second kappa shape index (κ2) is 15.0. The van der Waals surface area contributed by atoms with Gasteiger partial charge < -0.3 is 9.80 Å². The molecule has 0 aromatic heterocycles. The molecule has 25 heavy (non-hydrogen) atoms. The Balaban J connectivity index is 0.000000228. The van der Waals surface area contributed by atoms with Gasteiger partial charge in [-0.05, 0) is 11.1 Å². The summed E-state index contributed by atoms with van der Waals surface area (Å²) < 4.78 is 0. The minimum atomic E-state index is 0.487. The van der Waals surface area contributed by atoms with Crippen LogP contribution >= 0.6 is 38.7 Å². The molecule has 4 nitrogen and oxygen atoms in total. The van der Waals surface area contributed by atoms with E-state index in [1.54, 1.807) is 0 Å². The van der Waals surface area contributed by atoms with Crippen LogP contribution in [0, 0.1) is 6.67 Å². The van der Waals surface area contributed by atoms with E-state index in [0.717, 1.165) is 12.1 Å². The van der Waals surface area contributed by atoms with Gasteiger partial charge in [0.2, 0.25) is 6.67 Å². The van der Waals surface area contributed by atoms with E-state index in [-0.39, 0.29) is 0 Å². The number of nitrogens with two attached hydrogens (primary N) is 1. The molecule has 0 unspecified atom stereocenters. The summed E-state index contributed by atoms with van der Waals surface area (Å²) in [6.07, 6.45) is 4.01. The molecule has 1 aliphatic heterocycles. The number of hydrogen-bond acceptors (Lipinski definition) is 4. The van der Waals surface area contributed by atoms with Crippen molar-refractivity contribution in [3.05, 3.63) is 90.9 Å². The second-order valence-electron chi connectivity index (χ2n) is 4.96. The fourth-order valence-electron chi connectivity index (χ4n) is 1.99. The van der Waals surface area contributed by atoms with Crippen molar-refractivity contribution in [3.8, 4) is 0 Å². The van der Waals surface area contributed by atoms with Gasteiger partial charge in [0.05, 0.1) is 6.61 Å². The van der Waals surface area contributed by atoms with Gasteiger partial charge in [-0.1, -0.05) is 60.7 Å². The Morgan fingerprint density at radius 1 is 0.960 bits per heavy atom. The average Bonchev–Trinajstić information content (AvgIpc) is 3.03. The Kier molecular flexibility index (Phi) is 13.7. The fourth-order valence-corrected chi connectivity index (χ4v) is 1.99. The first kappa shape index (κ1) is 22.9. The minimum absolute atomic E-state index is 0.487. The van der Waals surface area contributed by atoms with E-state index in [4.69, 9.17) is 5.90 Å². The Morgan fingerprint density at radius 2 is 1.48 bits per heavy atom. The van der Waals surface area contributed by atoms with Crippen LogP contribution in [0.15, 0.2) is 73.1 Å². The molecule has 0 aliphatic carbocycles. The third-order valence-electron chi connectivity index (χ3n) is 3.04. The summed E-state index contributed by atoms with van der Waals surface area (Å²) >= 11 is 5.30. The first-order valence-electron chi connectivity index (χ1n) is 7.35. The molecule has 0 amide bonds. The van der Waals surface area contributed by atoms with Crippen LogP contribution in [0.1, 0.15) is 11.1 Å². The van der Waals surface area contributed by atoms with Gasteiger partial charge in [-0.2, -0.15) is 0 Å². The standard InChI is InChI=1S/C11H12N2.C7H9NO.2HI.Pt/c1-12-7-8-13(10-12)9-11-5-3-2-4-6-11;8-9-6-7-4-2-1-3-5-7;;;/h2-8H,9H2,1H3;1-5H,6,8H2;2*1H;/q;;;;+2/p-2. The molecule has 3 rings (SSSR count). The SMILES string of the molecule is CN1[C]N(Cc2ccccc2)C=C1.NOCc1ccccc1.[I][Pt][I]. The molecule has 0 spiro atoms. The van der Waals surface area contributed by atoms with Crippen LogP contribution in [0.2, 0.25) is 0 Å². The summed E-state index contributed by atoms with van der Waals surface area (Å²) in [6, 6.07) is 20.2. The number of hydrogen-bond donors (Lipinski definition) is 1. The molecular weight excluding hydrogens is 723 g/mol. The summed E-state index contributed by atoms with van der Waals surface area (Å²) in [5.41, 5.74) is 2.40. The topological polar surface area (TPSA) is 41.7 Å². The molecule has 1 aliphatic rings. The van der Waals surface area contributed by atoms with Crippen LogP contribution < -0.4 is 5.90 Å². The van der Waals surface area contributed by atoms with E-state index in [9.17, 15) is 0 Å². The molecular formula is C18H21I2N3OPt. The molecule has 2 aromatic rings. The van der Waals surface area contributed by atoms with Crippen molar-refractivity contribution >= 4 is 38.7 Å². The molecule has 0 atom stereocenters. The van der Waals surface area contributed by atoms with Gasteiger partial charge in [0.25, 0.3) is 0 Å². The van der Waals surface area contributed by atoms with Crippen molar-refractivity contribution in [2.45, 2.75) is 13.2 Å². The average molecular weight is 744 g/mol. The normalized spacial score (nSPS) is 12.3. The van der Waals surface area contributed by atoms with Crippen LogP contribution in [0.3, 0.4) is 0 Å². The molecule has 2 N–H and O–H groups in total. The monoisotopic (exact) mass is 744 g/mol. The second-order valence-corrected chi connectivity index (χ2v) is 21.6. The molecule has 1 heterocycles. The van der Waals surface area contributed by atoms with Crippen LogP contribution in [0.5, 0.6) is 0 Å². The van der Waals surface area contributed by atoms with Crippen molar-refractivity contribution in [1.29, 1.82) is 0 Å². The third kappa shape index (κ3) is 11.2. The van der Waals surface area contributed by atoms with E-state index in [1.165, 1.54) is 5.56 Å². The molecule has 7 heteroatoms. The van der Waals surface area contributed by atoms with Crippen molar-refractivity contribution in [2.24, 2.45) is 5.90 Å². The molecule has 0 bridgehead atoms. The summed E-state index contributed by atoms with van der Waals surface area (Å²) in [6.45, 7) is 4.54. The van der Waals surface area contributed by atoms with E-state index in [0.29, 0.717) is 17.8 Å². The van der Waals surface area contributed by atoms with E-state index < -0.39 is 0 Å². The van der Waals surface area contributed by atoms with E-state index in [1.807, 2.05) is 65.6 Å². The van der Waals surface area contributed by atoms with Gasteiger partial charge in [0.1, 0.15) is 0 Å². The Bertz CT molecular complexity index is 587. The van der Waals surface area contributed by atoms with Crippen LogP contribution in [-0.2, 0) is 29.2 Å². The number of halogens is 2. The maximum atomic E-state index is 4.86. The van der Waals surface area contributed by atoms with Crippen molar-refractivity contribution in [2.75, 3.05) is 7.05 Å². The summed E-state index contributed by atoms with van der Waals surface area (Å²) in [5.74, 6) is 4.86. The van der Waals surface area contributed by atoms with Gasteiger partial charge in [-0.3, -0.25) is 4.84 Å². The third-order valence-corrected chi connectivity index (χ3v) is 3.04. The Hall–Kier alpha value is -0.152. The molecule has 0 fully saturated rings. The van der Waals surface area contributed by atoms with Crippen LogP contribution in [0.25, 0.3) is 0 Å². The van der Waals surface area contributed by atoms with Crippen LogP contribution in [-0.4, -0.2) is 16.8 Å². The van der Waals surface area contributed by atoms with Gasteiger partial charge in [0, 0.05) is 26.0 Å². The zero-order chi connectivity index (χ0) is 18.3. The van der Waals surface area contributed by atoms with Gasteiger partial charge >= 0.3 is 49.9 Å². The van der Waals surface area contributed by atoms with Crippen molar-refractivity contribution in [3.63, 3.8) is 0 Å². The van der Waals surface area contributed by atoms with E-state index >= 15 is 0 Å². The van der Waals surface area contributed by atoms with Crippen molar-refractivity contribution in [1.82, 2.24) is 9.80 Å². The number of nitrogens with zero attached hydrogens (tertiary/aromatic N) is 2. The molecule has 2 radical (unpaired) electrons. The molecule has 0 saturated heterocycles. The van der Waals surface area contributed by atoms with Gasteiger partial charge in [-0.15, -0.1) is 0 Å². The zero-order valence-electron chi connectivity index (χ0n) is 13.8. The van der Waals surface area contributed by atoms with E-state index in [2.05, 4.69) is 74.5 Å². The summed E-state index contributed by atoms with van der Waals surface area (Å²) in [5, 5.41) is 0. The maximum absolute atomic E-state index is 4.86. The predicted molar refractivity (Wildman–Crippen MR) is 116 cm³/mol. The van der Waals surface area contributed by atoms with Gasteiger partial charge in [0.15, 0.2) is 0 Å². The molecule has 0 saturated carbocycles. The fraction of sp³-hybridized carbons (Fsp3) is 0.167. The molecule has 138 valence electrons.